The summed E-state index contributed by atoms with van der Waals surface area (Å²) in [6.45, 7) is 3.40. The minimum Gasteiger partial charge on any atom is -0.481 e. The lowest BCUT2D eigenvalue weighted by Crippen LogP contribution is -2.39. The number of ether oxygens (including phenoxy) is 3. The van der Waals surface area contributed by atoms with Crippen LogP contribution in [0.15, 0.2) is 36.4 Å². The number of pyridine rings is 1. The van der Waals surface area contributed by atoms with Crippen LogP contribution in [0.2, 0.25) is 0 Å². The van der Waals surface area contributed by atoms with E-state index >= 15 is 0 Å². The summed E-state index contributed by atoms with van der Waals surface area (Å²) in [7, 11) is 1.55. The first-order valence-electron chi connectivity index (χ1n) is 6.57. The SMILES string of the molecule is COc1cccc(-c2cccc3c2C(=O)OC(C)(C)O3)n1. The maximum Gasteiger partial charge on any atom is 0.345 e. The normalized spacial score (nSPS) is 15.7. The molecule has 0 N–H and O–H groups in total. The third-order valence-electron chi connectivity index (χ3n) is 3.13. The minimum absolute atomic E-state index is 0.387. The Kier molecular flexibility index (Phi) is 3.05. The van der Waals surface area contributed by atoms with Gasteiger partial charge in [-0.05, 0) is 12.1 Å². The number of carbonyl (C=O) groups excluding carboxylic acids is 1. The predicted molar refractivity (Wildman–Crippen MR) is 76.3 cm³/mol. The van der Waals surface area contributed by atoms with Crippen LogP contribution in [0, 0.1) is 0 Å². The van der Waals surface area contributed by atoms with E-state index in [4.69, 9.17) is 14.2 Å². The molecule has 5 nitrogen and oxygen atoms in total. The third-order valence-corrected chi connectivity index (χ3v) is 3.13. The zero-order valence-corrected chi connectivity index (χ0v) is 12.0. The minimum atomic E-state index is -0.968. The molecule has 5 heteroatoms. The van der Waals surface area contributed by atoms with Gasteiger partial charge in [-0.25, -0.2) is 9.78 Å². The van der Waals surface area contributed by atoms with Gasteiger partial charge in [0.1, 0.15) is 11.3 Å². The summed E-state index contributed by atoms with van der Waals surface area (Å²) < 4.78 is 16.1. The summed E-state index contributed by atoms with van der Waals surface area (Å²) in [5.74, 6) is -0.403. The Bertz CT molecular complexity index is 709. The molecule has 1 aliphatic heterocycles. The van der Waals surface area contributed by atoms with Crippen molar-refractivity contribution < 1.29 is 19.0 Å². The summed E-state index contributed by atoms with van der Waals surface area (Å²) in [5.41, 5.74) is 1.68. The number of rotatable bonds is 2. The van der Waals surface area contributed by atoms with Crippen molar-refractivity contribution in [1.82, 2.24) is 4.98 Å². The van der Waals surface area contributed by atoms with Crippen molar-refractivity contribution >= 4 is 5.97 Å². The number of cyclic esters (lactones) is 1. The molecule has 0 atom stereocenters. The topological polar surface area (TPSA) is 57.7 Å². The fourth-order valence-corrected chi connectivity index (χ4v) is 2.28. The van der Waals surface area contributed by atoms with E-state index in [1.54, 1.807) is 33.1 Å². The quantitative estimate of drug-likeness (QED) is 0.794. The molecule has 108 valence electrons. The van der Waals surface area contributed by atoms with Crippen LogP contribution in [0.25, 0.3) is 11.3 Å². The molecule has 0 radical (unpaired) electrons. The Morgan fingerprint density at radius 2 is 1.86 bits per heavy atom. The van der Waals surface area contributed by atoms with Gasteiger partial charge in [0.05, 0.1) is 12.8 Å². The summed E-state index contributed by atoms with van der Waals surface area (Å²) in [6, 6.07) is 10.8. The van der Waals surface area contributed by atoms with Crippen molar-refractivity contribution in [3.8, 4) is 22.9 Å². The molecule has 1 aliphatic rings. The van der Waals surface area contributed by atoms with E-state index in [0.717, 1.165) is 0 Å². The smallest absolute Gasteiger partial charge is 0.345 e. The van der Waals surface area contributed by atoms with Gasteiger partial charge in [0, 0.05) is 25.5 Å². The molecule has 0 saturated heterocycles. The highest BCUT2D eigenvalue weighted by atomic mass is 16.7. The van der Waals surface area contributed by atoms with Crippen molar-refractivity contribution in [3.05, 3.63) is 42.0 Å². The predicted octanol–water partition coefficient (Wildman–Crippen LogP) is 3.04. The van der Waals surface area contributed by atoms with Gasteiger partial charge in [-0.3, -0.25) is 0 Å². The van der Waals surface area contributed by atoms with E-state index in [0.29, 0.717) is 28.5 Å². The third kappa shape index (κ3) is 2.42. The zero-order chi connectivity index (χ0) is 15.0. The average Bonchev–Trinajstić information content (AvgIpc) is 2.45. The fraction of sp³-hybridized carbons (Fsp3) is 0.250. The highest BCUT2D eigenvalue weighted by Gasteiger charge is 2.35. The molecular formula is C16H15NO4. The summed E-state index contributed by atoms with van der Waals surface area (Å²) in [4.78, 5) is 16.6. The number of aromatic nitrogens is 1. The second kappa shape index (κ2) is 4.77. The van der Waals surface area contributed by atoms with Gasteiger partial charge in [0.15, 0.2) is 0 Å². The number of fused-ring (bicyclic) bond motifs is 1. The van der Waals surface area contributed by atoms with Crippen LogP contribution < -0.4 is 9.47 Å². The molecule has 0 fully saturated rings. The molecule has 2 aromatic rings. The number of nitrogens with zero attached hydrogens (tertiary/aromatic N) is 1. The van der Waals surface area contributed by atoms with Crippen molar-refractivity contribution in [2.75, 3.05) is 7.11 Å². The molecule has 0 bridgehead atoms. The fourth-order valence-electron chi connectivity index (χ4n) is 2.28. The number of methoxy groups -OCH3 is 1. The molecule has 0 aliphatic carbocycles. The van der Waals surface area contributed by atoms with E-state index < -0.39 is 11.8 Å². The first-order chi connectivity index (χ1) is 10.00. The first-order valence-corrected chi connectivity index (χ1v) is 6.57. The molecule has 1 aromatic carbocycles. The van der Waals surface area contributed by atoms with Crippen LogP contribution in [0.3, 0.4) is 0 Å². The Morgan fingerprint density at radius 1 is 1.10 bits per heavy atom. The maximum atomic E-state index is 12.3. The van der Waals surface area contributed by atoms with Gasteiger partial charge in [0.25, 0.3) is 0 Å². The number of hydrogen-bond acceptors (Lipinski definition) is 5. The molecule has 2 heterocycles. The van der Waals surface area contributed by atoms with Gasteiger partial charge < -0.3 is 14.2 Å². The molecule has 1 aromatic heterocycles. The number of esters is 1. The summed E-state index contributed by atoms with van der Waals surface area (Å²) in [5, 5.41) is 0. The van der Waals surface area contributed by atoms with Gasteiger partial charge in [0.2, 0.25) is 11.7 Å². The molecule has 0 spiro atoms. The Labute approximate surface area is 122 Å². The van der Waals surface area contributed by atoms with Gasteiger partial charge >= 0.3 is 5.97 Å². The van der Waals surface area contributed by atoms with Crippen LogP contribution >= 0.6 is 0 Å². The lowest BCUT2D eigenvalue weighted by molar-refractivity contribution is -0.127. The van der Waals surface area contributed by atoms with Crippen LogP contribution in [-0.2, 0) is 4.74 Å². The second-order valence-corrected chi connectivity index (χ2v) is 5.14. The Hall–Kier alpha value is -2.56. The highest BCUT2D eigenvalue weighted by molar-refractivity contribution is 6.00. The maximum absolute atomic E-state index is 12.3. The van der Waals surface area contributed by atoms with Crippen molar-refractivity contribution in [1.29, 1.82) is 0 Å². The Morgan fingerprint density at radius 3 is 2.62 bits per heavy atom. The van der Waals surface area contributed by atoms with E-state index in [9.17, 15) is 4.79 Å². The van der Waals surface area contributed by atoms with E-state index in [2.05, 4.69) is 4.98 Å². The first kappa shape index (κ1) is 13.4. The lowest BCUT2D eigenvalue weighted by Gasteiger charge is -2.32. The van der Waals surface area contributed by atoms with Crippen LogP contribution in [0.1, 0.15) is 24.2 Å². The van der Waals surface area contributed by atoms with Crippen molar-refractivity contribution in [2.45, 2.75) is 19.6 Å². The highest BCUT2D eigenvalue weighted by Crippen LogP contribution is 2.37. The van der Waals surface area contributed by atoms with Gasteiger partial charge in [-0.1, -0.05) is 18.2 Å². The number of carbonyl (C=O) groups is 1. The van der Waals surface area contributed by atoms with E-state index in [1.165, 1.54) is 0 Å². The molecular weight excluding hydrogens is 270 g/mol. The molecule has 3 rings (SSSR count). The number of hydrogen-bond donors (Lipinski definition) is 0. The number of benzene rings is 1. The molecule has 0 unspecified atom stereocenters. The lowest BCUT2D eigenvalue weighted by atomic mass is 10.0. The second-order valence-electron chi connectivity index (χ2n) is 5.14. The molecule has 0 saturated carbocycles. The summed E-state index contributed by atoms with van der Waals surface area (Å²) >= 11 is 0. The zero-order valence-electron chi connectivity index (χ0n) is 12.0. The van der Waals surface area contributed by atoms with Gasteiger partial charge in [-0.15, -0.1) is 0 Å². The average molecular weight is 285 g/mol. The standard InChI is InChI=1S/C16H15NO4/c1-16(2)20-12-8-4-6-10(14(12)15(18)21-16)11-7-5-9-13(17-11)19-3/h4-9H,1-3H3. The molecule has 0 amide bonds. The van der Waals surface area contributed by atoms with Gasteiger partial charge in [-0.2, -0.15) is 0 Å². The van der Waals surface area contributed by atoms with Crippen LogP contribution in [-0.4, -0.2) is 23.9 Å². The van der Waals surface area contributed by atoms with Crippen LogP contribution in [0.4, 0.5) is 0 Å². The Balaban J connectivity index is 2.15. The van der Waals surface area contributed by atoms with E-state index in [1.807, 2.05) is 24.3 Å². The monoisotopic (exact) mass is 285 g/mol. The largest absolute Gasteiger partial charge is 0.481 e. The van der Waals surface area contributed by atoms with E-state index in [-0.39, 0.29) is 0 Å². The van der Waals surface area contributed by atoms with Crippen LogP contribution in [0.5, 0.6) is 11.6 Å². The summed E-state index contributed by atoms with van der Waals surface area (Å²) in [6.07, 6.45) is 0. The molecule has 21 heavy (non-hydrogen) atoms. The van der Waals surface area contributed by atoms with Crippen molar-refractivity contribution in [2.24, 2.45) is 0 Å². The van der Waals surface area contributed by atoms with Crippen molar-refractivity contribution in [3.63, 3.8) is 0 Å².